The summed E-state index contributed by atoms with van der Waals surface area (Å²) in [6.45, 7) is 10.7. The van der Waals surface area contributed by atoms with Gasteiger partial charge >= 0.3 is 0 Å². The highest BCUT2D eigenvalue weighted by Crippen LogP contribution is 2.21. The van der Waals surface area contributed by atoms with Gasteiger partial charge in [-0.2, -0.15) is 0 Å². The van der Waals surface area contributed by atoms with Crippen molar-refractivity contribution >= 4 is 35.8 Å². The number of aliphatic imine (C=N–C) groups is 1. The number of nitrogens with one attached hydrogen (secondary N) is 2. The molecule has 0 aromatic carbocycles. The molecule has 0 bridgehead atoms. The molecular weight excluding hydrogens is 465 g/mol. The maximum atomic E-state index is 11.6. The predicted molar refractivity (Wildman–Crippen MR) is 128 cm³/mol. The fourth-order valence-electron chi connectivity index (χ4n) is 4.25. The highest BCUT2D eigenvalue weighted by molar-refractivity contribution is 14.0. The minimum Gasteiger partial charge on any atom is -0.359 e. The van der Waals surface area contributed by atoms with E-state index >= 15 is 0 Å². The van der Waals surface area contributed by atoms with Crippen LogP contribution >= 0.6 is 24.0 Å². The zero-order valence-electron chi connectivity index (χ0n) is 18.2. The van der Waals surface area contributed by atoms with E-state index in [1.54, 1.807) is 7.05 Å². The second-order valence-corrected chi connectivity index (χ2v) is 8.04. The summed E-state index contributed by atoms with van der Waals surface area (Å²) >= 11 is 0. The zero-order chi connectivity index (χ0) is 19.5. The Kier molecular flexibility index (Phi) is 13.1. The Hall–Kier alpha value is -0.570. The molecule has 0 aromatic rings. The number of amides is 1. The topological polar surface area (TPSA) is 60.0 Å². The van der Waals surface area contributed by atoms with Gasteiger partial charge in [0.1, 0.15) is 0 Å². The number of guanidine groups is 1. The number of unbranched alkanes of at least 4 members (excludes halogenated alkanes) is 1. The number of carbonyl (C=O) groups is 1. The van der Waals surface area contributed by atoms with E-state index in [0.29, 0.717) is 18.4 Å². The van der Waals surface area contributed by atoms with Crippen LogP contribution in [0.25, 0.3) is 0 Å². The van der Waals surface area contributed by atoms with Gasteiger partial charge in [0.05, 0.1) is 6.54 Å². The quantitative estimate of drug-likeness (QED) is 0.301. The van der Waals surface area contributed by atoms with Gasteiger partial charge in [0, 0.05) is 39.1 Å². The van der Waals surface area contributed by atoms with Crippen molar-refractivity contribution in [2.75, 3.05) is 46.3 Å². The molecule has 7 heteroatoms. The van der Waals surface area contributed by atoms with Crippen molar-refractivity contribution in [3.8, 4) is 0 Å². The first-order valence-corrected chi connectivity index (χ1v) is 11.2. The predicted octanol–water partition coefficient (Wildman–Crippen LogP) is 3.07. The second-order valence-electron chi connectivity index (χ2n) is 8.04. The van der Waals surface area contributed by atoms with Gasteiger partial charge in [-0.05, 0) is 58.0 Å². The third-order valence-electron chi connectivity index (χ3n) is 6.00. The number of carbonyl (C=O) groups excluding carboxylic acids is 1. The molecule has 0 saturated carbocycles. The Labute approximate surface area is 189 Å². The van der Waals surface area contributed by atoms with Crippen LogP contribution < -0.4 is 10.6 Å². The number of likely N-dealkylation sites (tertiary alicyclic amines) is 2. The van der Waals surface area contributed by atoms with Crippen molar-refractivity contribution in [1.82, 2.24) is 20.4 Å². The Morgan fingerprint density at radius 3 is 2.50 bits per heavy atom. The summed E-state index contributed by atoms with van der Waals surface area (Å²) in [6.07, 6.45) is 9.31. The largest absolute Gasteiger partial charge is 0.359 e. The minimum absolute atomic E-state index is 0. The van der Waals surface area contributed by atoms with Crippen molar-refractivity contribution in [2.24, 2.45) is 10.9 Å². The van der Waals surface area contributed by atoms with Crippen LogP contribution in [0, 0.1) is 5.92 Å². The Morgan fingerprint density at radius 2 is 1.86 bits per heavy atom. The van der Waals surface area contributed by atoms with Crippen molar-refractivity contribution in [3.05, 3.63) is 0 Å². The highest BCUT2D eigenvalue weighted by Gasteiger charge is 2.25. The third-order valence-corrected chi connectivity index (χ3v) is 6.00. The molecule has 0 radical (unpaired) electrons. The molecule has 2 N–H and O–H groups in total. The summed E-state index contributed by atoms with van der Waals surface area (Å²) in [6, 6.07) is 0.602. The van der Waals surface area contributed by atoms with Crippen molar-refractivity contribution in [1.29, 1.82) is 0 Å². The molecule has 2 aliphatic heterocycles. The van der Waals surface area contributed by atoms with Gasteiger partial charge < -0.3 is 15.5 Å². The van der Waals surface area contributed by atoms with Crippen LogP contribution in [0.2, 0.25) is 0 Å². The van der Waals surface area contributed by atoms with E-state index in [9.17, 15) is 4.79 Å². The SMILES string of the molecule is CCCCN1CCCCC1CN=C(NCC)N1CCC(CC(=O)NC)CC1.I. The summed E-state index contributed by atoms with van der Waals surface area (Å²) in [5.74, 6) is 1.74. The molecule has 2 aliphatic rings. The molecule has 2 fully saturated rings. The van der Waals surface area contributed by atoms with E-state index in [2.05, 4.69) is 34.3 Å². The third kappa shape index (κ3) is 8.43. The van der Waals surface area contributed by atoms with Crippen LogP contribution in [0.5, 0.6) is 0 Å². The normalized spacial score (nSPS) is 21.9. The van der Waals surface area contributed by atoms with Crippen molar-refractivity contribution < 1.29 is 4.79 Å². The highest BCUT2D eigenvalue weighted by atomic mass is 127. The van der Waals surface area contributed by atoms with E-state index in [-0.39, 0.29) is 29.9 Å². The van der Waals surface area contributed by atoms with Gasteiger partial charge in [-0.25, -0.2) is 0 Å². The van der Waals surface area contributed by atoms with Crippen LogP contribution in [0.15, 0.2) is 4.99 Å². The fourth-order valence-corrected chi connectivity index (χ4v) is 4.25. The van der Waals surface area contributed by atoms with E-state index in [1.807, 2.05) is 0 Å². The van der Waals surface area contributed by atoms with Crippen LogP contribution in [0.3, 0.4) is 0 Å². The lowest BCUT2D eigenvalue weighted by Gasteiger charge is -2.36. The van der Waals surface area contributed by atoms with Crippen LogP contribution in [0.4, 0.5) is 0 Å². The average Bonchev–Trinajstić information content (AvgIpc) is 2.70. The van der Waals surface area contributed by atoms with Crippen LogP contribution in [-0.4, -0.2) is 74.0 Å². The van der Waals surface area contributed by atoms with Gasteiger partial charge in [0.15, 0.2) is 5.96 Å². The number of nitrogens with zero attached hydrogens (tertiary/aromatic N) is 3. The van der Waals surface area contributed by atoms with Crippen LogP contribution in [0.1, 0.15) is 65.2 Å². The van der Waals surface area contributed by atoms with E-state index in [1.165, 1.54) is 45.2 Å². The molecule has 2 saturated heterocycles. The van der Waals surface area contributed by atoms with Gasteiger partial charge in [0.2, 0.25) is 5.91 Å². The molecule has 1 amide bonds. The molecule has 164 valence electrons. The molecule has 0 spiro atoms. The molecular formula is C21H42IN5O. The number of hydrogen-bond acceptors (Lipinski definition) is 3. The zero-order valence-corrected chi connectivity index (χ0v) is 20.5. The molecule has 6 nitrogen and oxygen atoms in total. The molecule has 0 aromatic heterocycles. The first-order chi connectivity index (χ1) is 13.2. The van der Waals surface area contributed by atoms with Crippen molar-refractivity contribution in [3.63, 3.8) is 0 Å². The standard InChI is InChI=1S/C21H41N5O.HI/c1-4-6-12-25-13-8-7-9-19(25)17-24-21(23-5-2)26-14-10-18(11-15-26)16-20(27)22-3;/h18-19H,4-17H2,1-3H3,(H,22,27)(H,23,24);1H. The summed E-state index contributed by atoms with van der Waals surface area (Å²) in [5, 5.41) is 6.24. The molecule has 2 heterocycles. The lowest BCUT2D eigenvalue weighted by Crippen LogP contribution is -2.47. The smallest absolute Gasteiger partial charge is 0.220 e. The molecule has 1 atom stereocenters. The summed E-state index contributed by atoms with van der Waals surface area (Å²) in [5.41, 5.74) is 0. The lowest BCUT2D eigenvalue weighted by molar-refractivity contribution is -0.121. The summed E-state index contributed by atoms with van der Waals surface area (Å²) < 4.78 is 0. The molecule has 0 aliphatic carbocycles. The summed E-state index contributed by atoms with van der Waals surface area (Å²) in [7, 11) is 1.72. The number of hydrogen-bond donors (Lipinski definition) is 2. The monoisotopic (exact) mass is 507 g/mol. The minimum atomic E-state index is 0. The maximum Gasteiger partial charge on any atom is 0.220 e. The van der Waals surface area contributed by atoms with Gasteiger partial charge in [-0.15, -0.1) is 24.0 Å². The first kappa shape index (κ1) is 25.5. The van der Waals surface area contributed by atoms with Crippen molar-refractivity contribution in [2.45, 2.75) is 71.3 Å². The van der Waals surface area contributed by atoms with E-state index in [4.69, 9.17) is 4.99 Å². The average molecular weight is 508 g/mol. The van der Waals surface area contributed by atoms with Crippen LogP contribution in [-0.2, 0) is 4.79 Å². The Morgan fingerprint density at radius 1 is 1.11 bits per heavy atom. The number of halogens is 1. The fraction of sp³-hybridized carbons (Fsp3) is 0.905. The van der Waals surface area contributed by atoms with E-state index in [0.717, 1.165) is 45.0 Å². The summed E-state index contributed by atoms with van der Waals surface area (Å²) in [4.78, 5) is 21.7. The number of piperidine rings is 2. The Bertz CT molecular complexity index is 466. The van der Waals surface area contributed by atoms with E-state index < -0.39 is 0 Å². The lowest BCUT2D eigenvalue weighted by atomic mass is 9.93. The first-order valence-electron chi connectivity index (χ1n) is 11.2. The molecule has 1 unspecified atom stereocenters. The molecule has 2 rings (SSSR count). The van der Waals surface area contributed by atoms with Gasteiger partial charge in [0.25, 0.3) is 0 Å². The molecule has 28 heavy (non-hydrogen) atoms. The maximum absolute atomic E-state index is 11.6. The van der Waals surface area contributed by atoms with Gasteiger partial charge in [-0.1, -0.05) is 19.8 Å². The second kappa shape index (κ2) is 14.4. The van der Waals surface area contributed by atoms with Gasteiger partial charge in [-0.3, -0.25) is 14.7 Å². The number of rotatable bonds is 8. The Balaban J connectivity index is 0.00000392.